The summed E-state index contributed by atoms with van der Waals surface area (Å²) in [6.45, 7) is 22.6. The van der Waals surface area contributed by atoms with E-state index in [-0.39, 0.29) is 29.5 Å². The summed E-state index contributed by atoms with van der Waals surface area (Å²) in [5.41, 5.74) is 0.303. The third kappa shape index (κ3) is 29.2. The molecule has 0 N–H and O–H groups in total. The number of rotatable bonds is 5. The van der Waals surface area contributed by atoms with Crippen LogP contribution in [0.3, 0.4) is 0 Å². The van der Waals surface area contributed by atoms with Gasteiger partial charge in [-0.1, -0.05) is 98.1 Å². The van der Waals surface area contributed by atoms with Gasteiger partial charge < -0.3 is 4.74 Å². The first-order valence-electron chi connectivity index (χ1n) is 9.41. The molecule has 0 saturated carbocycles. The third-order valence-electron chi connectivity index (χ3n) is 2.80. The predicted octanol–water partition coefficient (Wildman–Crippen LogP) is 7.56. The van der Waals surface area contributed by atoms with Crippen molar-refractivity contribution in [2.24, 2.45) is 0 Å². The van der Waals surface area contributed by atoms with Crippen LogP contribution >= 0.6 is 0 Å². The Kier molecular flexibility index (Phi) is 30.4. The van der Waals surface area contributed by atoms with Gasteiger partial charge in [0.15, 0.2) is 0 Å². The van der Waals surface area contributed by atoms with Crippen molar-refractivity contribution in [2.75, 3.05) is 7.11 Å². The van der Waals surface area contributed by atoms with Crippen molar-refractivity contribution in [2.45, 2.75) is 65.5 Å². The molecule has 0 bridgehead atoms. The van der Waals surface area contributed by atoms with E-state index in [0.717, 1.165) is 25.2 Å². The molecule has 0 unspecified atom stereocenters. The van der Waals surface area contributed by atoms with Crippen LogP contribution in [0.2, 0.25) is 0 Å². The van der Waals surface area contributed by atoms with Gasteiger partial charge in [-0.25, -0.2) is 0 Å². The van der Waals surface area contributed by atoms with E-state index in [1.165, 1.54) is 26.4 Å². The largest absolute Gasteiger partial charge is 0.497 e. The molecule has 162 valence electrons. The number of alkyl halides is 3. The van der Waals surface area contributed by atoms with Crippen molar-refractivity contribution in [3.8, 4) is 17.6 Å². The molecule has 0 aliphatic rings. The molecule has 5 heteroatoms. The van der Waals surface area contributed by atoms with Crippen molar-refractivity contribution in [3.05, 3.63) is 57.2 Å². The number of allylic oxidation sites excluding steroid dienone is 1. The fourth-order valence-electron chi connectivity index (χ4n) is 0.981. The first-order chi connectivity index (χ1) is 13.2. The van der Waals surface area contributed by atoms with Gasteiger partial charge in [-0.2, -0.15) is 13.2 Å². The maximum atomic E-state index is 11.8. The molecular formula is C24H35F3OSn. The van der Waals surface area contributed by atoms with Crippen LogP contribution in [0.1, 0.15) is 64.9 Å². The Morgan fingerprint density at radius 2 is 1.28 bits per heavy atom. The summed E-state index contributed by atoms with van der Waals surface area (Å²) in [6.07, 6.45) is 2.30. The summed E-state index contributed by atoms with van der Waals surface area (Å²) in [6, 6.07) is 6.27. The second-order valence-corrected chi connectivity index (χ2v) is 5.45. The summed E-state index contributed by atoms with van der Waals surface area (Å²) in [7, 11) is 1.49. The Morgan fingerprint density at radius 3 is 1.52 bits per heavy atom. The monoisotopic (exact) mass is 516 g/mol. The SMILES string of the molecule is [CH2]CCC.[CH2]CCC.[CH2]CCC.[CH]=C(C#CC(F)(F)F)c1ccc(OC)cc1.[Sn]. The molecule has 1 rings (SSSR count). The Hall–Kier alpha value is -1.09. The van der Waals surface area contributed by atoms with Crippen molar-refractivity contribution >= 4 is 29.5 Å². The molecule has 0 aliphatic heterocycles. The van der Waals surface area contributed by atoms with Gasteiger partial charge in [0.05, 0.1) is 7.11 Å². The molecule has 0 spiro atoms. The first-order valence-corrected chi connectivity index (χ1v) is 9.41. The molecule has 0 atom stereocenters. The number of ether oxygens (including phenoxy) is 1. The number of benzene rings is 1. The van der Waals surface area contributed by atoms with Crippen molar-refractivity contribution in [3.63, 3.8) is 0 Å². The van der Waals surface area contributed by atoms with Crippen LogP contribution in [0.15, 0.2) is 24.3 Å². The summed E-state index contributed by atoms with van der Waals surface area (Å²) in [4.78, 5) is 0. The molecular weight excluding hydrogens is 480 g/mol. The number of hydrogen-bond donors (Lipinski definition) is 0. The van der Waals surface area contributed by atoms with Crippen LogP contribution in [0.4, 0.5) is 13.2 Å². The maximum Gasteiger partial charge on any atom is 0.458 e. The first kappa shape index (κ1) is 35.4. The Bertz CT molecular complexity index is 510. The molecule has 1 nitrogen and oxygen atoms in total. The fourth-order valence-corrected chi connectivity index (χ4v) is 0.981. The van der Waals surface area contributed by atoms with Crippen LogP contribution < -0.4 is 4.74 Å². The van der Waals surface area contributed by atoms with E-state index in [4.69, 9.17) is 11.3 Å². The quantitative estimate of drug-likeness (QED) is 0.291. The normalized spacial score (nSPS) is 8.76. The minimum atomic E-state index is -4.53. The van der Waals surface area contributed by atoms with Gasteiger partial charge in [-0.3, -0.25) is 0 Å². The van der Waals surface area contributed by atoms with Gasteiger partial charge in [0.2, 0.25) is 0 Å². The number of hydrogen-bond acceptors (Lipinski definition) is 1. The fraction of sp³-hybridized carbons (Fsp3) is 0.458. The molecule has 0 aliphatic carbocycles. The average Bonchev–Trinajstić information content (AvgIpc) is 2.72. The van der Waals surface area contributed by atoms with E-state index < -0.39 is 6.18 Å². The molecule has 8 radical (unpaired) electrons. The van der Waals surface area contributed by atoms with Crippen molar-refractivity contribution < 1.29 is 17.9 Å². The average molecular weight is 515 g/mol. The van der Waals surface area contributed by atoms with Gasteiger partial charge in [-0.05, 0) is 24.3 Å². The third-order valence-corrected chi connectivity index (χ3v) is 2.80. The standard InChI is InChI=1S/C12H8F3O.3C4H9.Sn/c1-9(7-8-12(13,14)15)10-3-5-11(16-2)6-4-10;3*1-3-4-2;/h1,3-6H,2H3;3*1,3-4H2,2H3;. The minimum Gasteiger partial charge on any atom is -0.497 e. The number of unbranched alkanes of at least 4 members (excludes halogenated alkanes) is 3. The summed E-state index contributed by atoms with van der Waals surface area (Å²) in [5, 5.41) is 0. The van der Waals surface area contributed by atoms with E-state index in [9.17, 15) is 13.2 Å². The predicted molar refractivity (Wildman–Crippen MR) is 121 cm³/mol. The summed E-state index contributed by atoms with van der Waals surface area (Å²) in [5.74, 6) is 3.56. The Morgan fingerprint density at radius 1 is 0.931 bits per heavy atom. The van der Waals surface area contributed by atoms with E-state index in [1.54, 1.807) is 24.3 Å². The summed E-state index contributed by atoms with van der Waals surface area (Å²) >= 11 is 0. The topological polar surface area (TPSA) is 9.23 Å². The molecule has 0 heterocycles. The van der Waals surface area contributed by atoms with Crippen LogP contribution in [0, 0.1) is 39.2 Å². The van der Waals surface area contributed by atoms with Gasteiger partial charge in [-0.15, -0.1) is 0 Å². The molecule has 1 aromatic rings. The van der Waals surface area contributed by atoms with Crippen LogP contribution in [-0.2, 0) is 0 Å². The Balaban J connectivity index is -0.000000199. The zero-order valence-corrected chi connectivity index (χ0v) is 21.1. The molecule has 0 aromatic heterocycles. The van der Waals surface area contributed by atoms with E-state index in [1.807, 2.05) is 5.92 Å². The van der Waals surface area contributed by atoms with Crippen molar-refractivity contribution in [1.29, 1.82) is 0 Å². The Labute approximate surface area is 194 Å². The molecule has 29 heavy (non-hydrogen) atoms. The second kappa shape index (κ2) is 24.9. The smallest absolute Gasteiger partial charge is 0.458 e. The second-order valence-electron chi connectivity index (χ2n) is 5.45. The van der Waals surface area contributed by atoms with E-state index >= 15 is 0 Å². The van der Waals surface area contributed by atoms with Crippen LogP contribution in [0.5, 0.6) is 5.75 Å². The van der Waals surface area contributed by atoms with Crippen LogP contribution in [-0.4, -0.2) is 37.2 Å². The summed E-state index contributed by atoms with van der Waals surface area (Å²) < 4.78 is 40.3. The molecule has 1 aromatic carbocycles. The molecule has 0 saturated heterocycles. The number of methoxy groups -OCH3 is 1. The van der Waals surface area contributed by atoms with E-state index in [2.05, 4.69) is 41.5 Å². The van der Waals surface area contributed by atoms with Gasteiger partial charge in [0, 0.05) is 35.4 Å². The molecule has 0 amide bonds. The van der Waals surface area contributed by atoms with Gasteiger partial charge in [0.1, 0.15) is 5.75 Å². The minimum absolute atomic E-state index is 0. The molecule has 0 fully saturated rings. The van der Waals surface area contributed by atoms with Crippen molar-refractivity contribution in [1.82, 2.24) is 0 Å². The maximum absolute atomic E-state index is 11.8. The van der Waals surface area contributed by atoms with Gasteiger partial charge in [0.25, 0.3) is 0 Å². The van der Waals surface area contributed by atoms with Gasteiger partial charge >= 0.3 is 6.18 Å². The van der Waals surface area contributed by atoms with Crippen LogP contribution in [0.25, 0.3) is 5.57 Å². The van der Waals surface area contributed by atoms with E-state index in [0.29, 0.717) is 11.3 Å². The number of halogens is 3. The zero-order chi connectivity index (χ0) is 22.4. The zero-order valence-electron chi connectivity index (χ0n) is 18.3.